The molecule has 6 nitrogen and oxygen atoms in total. The third kappa shape index (κ3) is 4.70. The van der Waals surface area contributed by atoms with Crippen molar-refractivity contribution in [2.45, 2.75) is 18.9 Å². The number of hydrogen-bond acceptors (Lipinski definition) is 4. The van der Waals surface area contributed by atoms with Gasteiger partial charge in [-0.15, -0.1) is 0 Å². The minimum atomic E-state index is -0.415. The van der Waals surface area contributed by atoms with Crippen molar-refractivity contribution in [1.29, 1.82) is 0 Å². The fraction of sp³-hybridized carbons (Fsp3) is 0.368. The van der Waals surface area contributed by atoms with Crippen LogP contribution in [0.1, 0.15) is 35.0 Å². The molecule has 0 bridgehead atoms. The van der Waals surface area contributed by atoms with Crippen molar-refractivity contribution in [2.75, 3.05) is 26.2 Å². The van der Waals surface area contributed by atoms with Crippen molar-refractivity contribution in [3.05, 3.63) is 59.8 Å². The predicted molar refractivity (Wildman–Crippen MR) is 94.0 cm³/mol. The van der Waals surface area contributed by atoms with Crippen LogP contribution in [0.3, 0.4) is 0 Å². The predicted octanol–water partition coefficient (Wildman–Crippen LogP) is 2.10. The third-order valence-corrected chi connectivity index (χ3v) is 4.46. The average molecular weight is 359 g/mol. The lowest BCUT2D eigenvalue weighted by atomic mass is 10.2. The number of hydrogen-bond donors (Lipinski definition) is 2. The Balaban J connectivity index is 1.49. The van der Waals surface area contributed by atoms with Crippen molar-refractivity contribution in [3.63, 3.8) is 0 Å². The van der Waals surface area contributed by atoms with E-state index < -0.39 is 11.7 Å². The topological polar surface area (TPSA) is 74.6 Å². The van der Waals surface area contributed by atoms with Crippen LogP contribution in [-0.2, 0) is 4.79 Å². The number of rotatable bonds is 7. The molecule has 1 aliphatic heterocycles. The summed E-state index contributed by atoms with van der Waals surface area (Å²) in [6.45, 7) is 2.23. The highest BCUT2D eigenvalue weighted by atomic mass is 19.1. The highest BCUT2D eigenvalue weighted by Crippen LogP contribution is 2.24. The van der Waals surface area contributed by atoms with Crippen molar-refractivity contribution in [1.82, 2.24) is 15.5 Å². The molecule has 3 rings (SSSR count). The van der Waals surface area contributed by atoms with Gasteiger partial charge >= 0.3 is 0 Å². The summed E-state index contributed by atoms with van der Waals surface area (Å²) in [4.78, 5) is 26.3. The summed E-state index contributed by atoms with van der Waals surface area (Å²) in [6.07, 6.45) is 3.90. The lowest BCUT2D eigenvalue weighted by molar-refractivity contribution is -0.120. The lowest BCUT2D eigenvalue weighted by Crippen LogP contribution is -2.41. The van der Waals surface area contributed by atoms with Crippen molar-refractivity contribution in [2.24, 2.45) is 0 Å². The number of carbonyl (C=O) groups excluding carboxylic acids is 2. The van der Waals surface area contributed by atoms with E-state index in [2.05, 4.69) is 15.5 Å². The number of carbonyl (C=O) groups is 2. The molecular formula is C19H22FN3O3. The summed E-state index contributed by atoms with van der Waals surface area (Å²) >= 11 is 0. The fourth-order valence-electron chi connectivity index (χ4n) is 3.08. The molecular weight excluding hydrogens is 337 g/mol. The Hall–Kier alpha value is -2.67. The summed E-state index contributed by atoms with van der Waals surface area (Å²) in [6, 6.07) is 8.91. The monoisotopic (exact) mass is 359 g/mol. The molecule has 1 fully saturated rings. The maximum Gasteiger partial charge on any atom is 0.251 e. The van der Waals surface area contributed by atoms with Gasteiger partial charge in [-0.3, -0.25) is 14.5 Å². The molecule has 2 amide bonds. The molecule has 0 radical (unpaired) electrons. The summed E-state index contributed by atoms with van der Waals surface area (Å²) < 4.78 is 18.4. The van der Waals surface area contributed by atoms with E-state index in [4.69, 9.17) is 4.42 Å². The van der Waals surface area contributed by atoms with Gasteiger partial charge in [0.1, 0.15) is 11.6 Å². The van der Waals surface area contributed by atoms with E-state index in [1.807, 2.05) is 12.1 Å². The van der Waals surface area contributed by atoms with Gasteiger partial charge < -0.3 is 15.1 Å². The number of furan rings is 1. The van der Waals surface area contributed by atoms with E-state index >= 15 is 0 Å². The van der Waals surface area contributed by atoms with Crippen molar-refractivity contribution < 1.29 is 18.4 Å². The van der Waals surface area contributed by atoms with Crippen LogP contribution in [0.2, 0.25) is 0 Å². The lowest BCUT2D eigenvalue weighted by Gasteiger charge is -2.26. The van der Waals surface area contributed by atoms with E-state index in [0.717, 1.165) is 31.7 Å². The zero-order chi connectivity index (χ0) is 18.4. The number of nitrogens with zero attached hydrogens (tertiary/aromatic N) is 1. The first kappa shape index (κ1) is 18.1. The number of likely N-dealkylation sites (tertiary alicyclic amines) is 1. The van der Waals surface area contributed by atoms with E-state index in [-0.39, 0.29) is 18.5 Å². The fourth-order valence-corrected chi connectivity index (χ4v) is 3.08. The van der Waals surface area contributed by atoms with E-state index in [1.54, 1.807) is 6.26 Å². The number of benzene rings is 1. The average Bonchev–Trinajstić information content (AvgIpc) is 3.35. The highest BCUT2D eigenvalue weighted by Gasteiger charge is 2.25. The minimum absolute atomic E-state index is 0.00995. The maximum absolute atomic E-state index is 12.9. The molecule has 1 atom stereocenters. The van der Waals surface area contributed by atoms with Gasteiger partial charge in [-0.1, -0.05) is 0 Å². The summed E-state index contributed by atoms with van der Waals surface area (Å²) in [5, 5.41) is 5.38. The first-order valence-corrected chi connectivity index (χ1v) is 8.71. The van der Waals surface area contributed by atoms with E-state index in [1.165, 1.54) is 24.3 Å². The summed E-state index contributed by atoms with van der Waals surface area (Å²) in [7, 11) is 0. The van der Waals surface area contributed by atoms with Gasteiger partial charge in [-0.05, 0) is 62.3 Å². The zero-order valence-electron chi connectivity index (χ0n) is 14.4. The molecule has 0 aliphatic carbocycles. The Kier molecular flexibility index (Phi) is 6.01. The van der Waals surface area contributed by atoms with Crippen LogP contribution in [0.15, 0.2) is 47.1 Å². The molecule has 138 valence electrons. The molecule has 2 N–H and O–H groups in total. The molecule has 2 heterocycles. The third-order valence-electron chi connectivity index (χ3n) is 4.46. The van der Waals surface area contributed by atoms with Crippen LogP contribution in [-0.4, -0.2) is 42.9 Å². The highest BCUT2D eigenvalue weighted by molar-refractivity contribution is 5.96. The minimum Gasteiger partial charge on any atom is -0.468 e. The summed E-state index contributed by atoms with van der Waals surface area (Å²) in [5.74, 6) is -0.286. The Bertz CT molecular complexity index is 725. The Morgan fingerprint density at radius 1 is 1.12 bits per heavy atom. The Morgan fingerprint density at radius 3 is 2.50 bits per heavy atom. The van der Waals surface area contributed by atoms with Crippen LogP contribution in [0.4, 0.5) is 4.39 Å². The molecule has 1 aromatic heterocycles. The molecule has 1 aromatic carbocycles. The quantitative estimate of drug-likeness (QED) is 0.794. The number of halogens is 1. The second kappa shape index (κ2) is 8.62. The first-order valence-electron chi connectivity index (χ1n) is 8.71. The second-order valence-electron chi connectivity index (χ2n) is 6.27. The smallest absolute Gasteiger partial charge is 0.251 e. The normalized spacial score (nSPS) is 15.6. The van der Waals surface area contributed by atoms with Gasteiger partial charge in [0.25, 0.3) is 5.91 Å². The first-order chi connectivity index (χ1) is 12.6. The summed E-state index contributed by atoms with van der Waals surface area (Å²) in [5.41, 5.74) is 0.310. The molecule has 1 unspecified atom stereocenters. The van der Waals surface area contributed by atoms with Crippen LogP contribution >= 0.6 is 0 Å². The second-order valence-corrected chi connectivity index (χ2v) is 6.27. The molecule has 0 spiro atoms. The number of amides is 2. The van der Waals surface area contributed by atoms with Gasteiger partial charge in [0, 0.05) is 12.1 Å². The van der Waals surface area contributed by atoms with Gasteiger partial charge in [-0.2, -0.15) is 0 Å². The van der Waals surface area contributed by atoms with E-state index in [9.17, 15) is 14.0 Å². The van der Waals surface area contributed by atoms with Crippen LogP contribution < -0.4 is 10.6 Å². The van der Waals surface area contributed by atoms with Crippen molar-refractivity contribution >= 4 is 11.8 Å². The van der Waals surface area contributed by atoms with Crippen LogP contribution in [0.5, 0.6) is 0 Å². The molecule has 1 aliphatic rings. The van der Waals surface area contributed by atoms with Gasteiger partial charge in [-0.25, -0.2) is 4.39 Å². The molecule has 0 saturated carbocycles. The molecule has 1 saturated heterocycles. The van der Waals surface area contributed by atoms with Gasteiger partial charge in [0.15, 0.2) is 0 Å². The van der Waals surface area contributed by atoms with Crippen molar-refractivity contribution in [3.8, 4) is 0 Å². The Labute approximate surface area is 151 Å². The Morgan fingerprint density at radius 2 is 1.85 bits per heavy atom. The zero-order valence-corrected chi connectivity index (χ0v) is 14.4. The van der Waals surface area contributed by atoms with Gasteiger partial charge in [0.05, 0.1) is 18.8 Å². The van der Waals surface area contributed by atoms with Crippen LogP contribution in [0.25, 0.3) is 0 Å². The SMILES string of the molecule is O=C(CNC(=O)c1ccc(F)cc1)NCC(c1ccco1)N1CCCC1. The largest absolute Gasteiger partial charge is 0.468 e. The number of nitrogens with one attached hydrogen (secondary N) is 2. The van der Waals surface area contributed by atoms with Gasteiger partial charge in [0.2, 0.25) is 5.91 Å². The molecule has 7 heteroatoms. The molecule has 2 aromatic rings. The maximum atomic E-state index is 12.9. The van der Waals surface area contributed by atoms with E-state index in [0.29, 0.717) is 12.1 Å². The molecule has 26 heavy (non-hydrogen) atoms. The van der Waals surface area contributed by atoms with Crippen LogP contribution in [0, 0.1) is 5.82 Å². The standard InChI is InChI=1S/C19H22FN3O3/c20-15-7-5-14(6-8-15)19(25)22-13-18(24)21-12-16(17-4-3-11-26-17)23-9-1-2-10-23/h3-8,11,16H,1-2,9-10,12-13H2,(H,21,24)(H,22,25).